The zero-order valence-corrected chi connectivity index (χ0v) is 16.5. The number of carbonyl (C=O) groups is 2. The first-order chi connectivity index (χ1) is 13.4. The average Bonchev–Trinajstić information content (AvgIpc) is 3.21. The number of ether oxygens (including phenoxy) is 1. The second-order valence-corrected chi connectivity index (χ2v) is 7.60. The van der Waals surface area contributed by atoms with Gasteiger partial charge in [0.05, 0.1) is 17.1 Å². The summed E-state index contributed by atoms with van der Waals surface area (Å²) in [5.74, 6) is -0.391. The molecule has 0 saturated heterocycles. The number of rotatable bonds is 4. The molecule has 1 aliphatic rings. The second kappa shape index (κ2) is 7.19. The normalized spacial score (nSPS) is 13.8. The van der Waals surface area contributed by atoms with E-state index in [2.05, 4.69) is 12.1 Å². The smallest absolute Gasteiger partial charge is 0.355 e. The van der Waals surface area contributed by atoms with E-state index in [0.717, 1.165) is 17.5 Å². The molecule has 3 heterocycles. The minimum atomic E-state index is -0.400. The molecule has 0 fully saturated rings. The summed E-state index contributed by atoms with van der Waals surface area (Å²) in [5.41, 5.74) is 4.69. The van der Waals surface area contributed by atoms with Crippen molar-refractivity contribution in [1.82, 2.24) is 14.0 Å². The summed E-state index contributed by atoms with van der Waals surface area (Å²) in [7, 11) is 1.92. The van der Waals surface area contributed by atoms with Gasteiger partial charge in [-0.05, 0) is 43.5 Å². The number of carbonyl (C=O) groups excluding carboxylic acids is 2. The van der Waals surface area contributed by atoms with Crippen LogP contribution < -0.4 is 0 Å². The van der Waals surface area contributed by atoms with Crippen molar-refractivity contribution in [3.8, 4) is 0 Å². The summed E-state index contributed by atoms with van der Waals surface area (Å²) in [6, 6.07) is 12.0. The minimum absolute atomic E-state index is 0.00875. The first kappa shape index (κ1) is 18.3. The van der Waals surface area contributed by atoms with Gasteiger partial charge in [-0.15, -0.1) is 0 Å². The van der Waals surface area contributed by atoms with Crippen molar-refractivity contribution in [3.63, 3.8) is 0 Å². The van der Waals surface area contributed by atoms with Crippen LogP contribution in [-0.4, -0.2) is 38.6 Å². The molecule has 0 saturated carbocycles. The number of aromatic nitrogens is 2. The van der Waals surface area contributed by atoms with Gasteiger partial charge in [0, 0.05) is 26.3 Å². The average molecular weight is 379 g/mol. The Bertz CT molecular complexity index is 1040. The molecular weight excluding hydrogens is 354 g/mol. The summed E-state index contributed by atoms with van der Waals surface area (Å²) in [6.07, 6.45) is 2.57. The van der Waals surface area contributed by atoms with E-state index in [0.29, 0.717) is 18.8 Å². The number of hydrogen-bond donors (Lipinski definition) is 0. The van der Waals surface area contributed by atoms with Crippen molar-refractivity contribution in [2.24, 2.45) is 7.05 Å². The van der Waals surface area contributed by atoms with Crippen LogP contribution in [0, 0.1) is 0 Å². The van der Waals surface area contributed by atoms with Crippen LogP contribution in [0.3, 0.4) is 0 Å². The molecule has 28 heavy (non-hydrogen) atoms. The number of benzene rings is 1. The minimum Gasteiger partial charge on any atom is -0.458 e. The summed E-state index contributed by atoms with van der Waals surface area (Å²) in [5, 5.41) is 0. The molecule has 6 heteroatoms. The molecule has 4 rings (SSSR count). The molecule has 6 nitrogen and oxygen atoms in total. The summed E-state index contributed by atoms with van der Waals surface area (Å²) in [4.78, 5) is 27.5. The van der Waals surface area contributed by atoms with Crippen molar-refractivity contribution < 1.29 is 14.3 Å². The van der Waals surface area contributed by atoms with Gasteiger partial charge in [0.15, 0.2) is 0 Å². The second-order valence-electron chi connectivity index (χ2n) is 7.60. The maximum absolute atomic E-state index is 13.1. The van der Waals surface area contributed by atoms with Crippen molar-refractivity contribution in [2.75, 3.05) is 6.54 Å². The van der Waals surface area contributed by atoms with Crippen LogP contribution in [0.4, 0.5) is 0 Å². The molecule has 2 aromatic heterocycles. The van der Waals surface area contributed by atoms with Crippen LogP contribution in [0.15, 0.2) is 42.6 Å². The van der Waals surface area contributed by atoms with E-state index in [1.807, 2.05) is 54.8 Å². The lowest BCUT2D eigenvalue weighted by Gasteiger charge is -2.29. The SMILES string of the molecule is CC(C)OC(=O)c1cc2c(ccn2C)n1CC(=O)N1CCc2ccccc2C1. The van der Waals surface area contributed by atoms with E-state index in [-0.39, 0.29) is 18.6 Å². The topological polar surface area (TPSA) is 56.5 Å². The monoisotopic (exact) mass is 379 g/mol. The van der Waals surface area contributed by atoms with E-state index < -0.39 is 5.97 Å². The Kier molecular flexibility index (Phi) is 4.71. The molecule has 146 valence electrons. The third-order valence-corrected chi connectivity index (χ3v) is 5.28. The fourth-order valence-corrected chi connectivity index (χ4v) is 3.83. The molecule has 0 N–H and O–H groups in total. The lowest BCUT2D eigenvalue weighted by molar-refractivity contribution is -0.132. The van der Waals surface area contributed by atoms with Crippen LogP contribution in [-0.2, 0) is 36.1 Å². The Hall–Kier alpha value is -3.02. The summed E-state index contributed by atoms with van der Waals surface area (Å²) < 4.78 is 9.12. The lowest BCUT2D eigenvalue weighted by Crippen LogP contribution is -2.38. The highest BCUT2D eigenvalue weighted by Gasteiger charge is 2.25. The van der Waals surface area contributed by atoms with Gasteiger partial charge < -0.3 is 18.8 Å². The van der Waals surface area contributed by atoms with Crippen LogP contribution in [0.1, 0.15) is 35.5 Å². The third-order valence-electron chi connectivity index (χ3n) is 5.28. The van der Waals surface area contributed by atoms with Crippen molar-refractivity contribution in [1.29, 1.82) is 0 Å². The Balaban J connectivity index is 1.62. The highest BCUT2D eigenvalue weighted by atomic mass is 16.5. The zero-order chi connectivity index (χ0) is 19.8. The van der Waals surface area contributed by atoms with Gasteiger partial charge >= 0.3 is 5.97 Å². The fourth-order valence-electron chi connectivity index (χ4n) is 3.83. The maximum atomic E-state index is 13.1. The highest BCUT2D eigenvalue weighted by molar-refractivity contribution is 5.96. The largest absolute Gasteiger partial charge is 0.458 e. The van der Waals surface area contributed by atoms with Gasteiger partial charge in [-0.3, -0.25) is 4.79 Å². The van der Waals surface area contributed by atoms with Gasteiger partial charge in [0.1, 0.15) is 12.2 Å². The lowest BCUT2D eigenvalue weighted by atomic mass is 10.00. The predicted molar refractivity (Wildman–Crippen MR) is 107 cm³/mol. The first-order valence-electron chi connectivity index (χ1n) is 9.64. The number of esters is 1. The number of aryl methyl sites for hydroxylation is 1. The number of nitrogens with zero attached hydrogens (tertiary/aromatic N) is 3. The van der Waals surface area contributed by atoms with Crippen LogP contribution >= 0.6 is 0 Å². The molecule has 0 atom stereocenters. The molecule has 1 amide bonds. The Labute approximate surface area is 164 Å². The number of fused-ring (bicyclic) bond motifs is 2. The highest BCUT2D eigenvalue weighted by Crippen LogP contribution is 2.24. The summed E-state index contributed by atoms with van der Waals surface area (Å²) >= 11 is 0. The van der Waals surface area contributed by atoms with Crippen LogP contribution in [0.5, 0.6) is 0 Å². The number of amides is 1. The van der Waals surface area contributed by atoms with Crippen molar-refractivity contribution in [2.45, 2.75) is 39.5 Å². The summed E-state index contributed by atoms with van der Waals surface area (Å²) in [6.45, 7) is 5.07. The van der Waals surface area contributed by atoms with E-state index in [9.17, 15) is 9.59 Å². The molecule has 0 aliphatic carbocycles. The number of hydrogen-bond acceptors (Lipinski definition) is 3. The van der Waals surface area contributed by atoms with Gasteiger partial charge in [0.2, 0.25) is 5.91 Å². The Morgan fingerprint density at radius 3 is 2.61 bits per heavy atom. The van der Waals surface area contributed by atoms with Gasteiger partial charge in [-0.2, -0.15) is 0 Å². The molecular formula is C22H25N3O3. The Morgan fingerprint density at radius 2 is 1.86 bits per heavy atom. The predicted octanol–water partition coefficient (Wildman–Crippen LogP) is 3.13. The van der Waals surface area contributed by atoms with Crippen LogP contribution in [0.2, 0.25) is 0 Å². The van der Waals surface area contributed by atoms with E-state index >= 15 is 0 Å². The maximum Gasteiger partial charge on any atom is 0.355 e. The quantitative estimate of drug-likeness (QED) is 0.655. The van der Waals surface area contributed by atoms with Gasteiger partial charge in [0.25, 0.3) is 0 Å². The van der Waals surface area contributed by atoms with E-state index in [1.54, 1.807) is 10.6 Å². The van der Waals surface area contributed by atoms with E-state index in [1.165, 1.54) is 11.1 Å². The van der Waals surface area contributed by atoms with Crippen molar-refractivity contribution in [3.05, 3.63) is 59.4 Å². The molecule has 1 aliphatic heterocycles. The van der Waals surface area contributed by atoms with Crippen LogP contribution in [0.25, 0.3) is 11.0 Å². The van der Waals surface area contributed by atoms with Gasteiger partial charge in [-0.1, -0.05) is 24.3 Å². The standard InChI is InChI=1S/C22H25N3O3/c1-15(2)28-22(27)20-12-19-18(9-10-23(19)3)25(20)14-21(26)24-11-8-16-6-4-5-7-17(16)13-24/h4-7,9-10,12,15H,8,11,13-14H2,1-3H3. The zero-order valence-electron chi connectivity index (χ0n) is 16.5. The fraction of sp³-hybridized carbons (Fsp3) is 0.364. The first-order valence-corrected chi connectivity index (χ1v) is 9.64. The molecule has 1 aromatic carbocycles. The molecule has 0 spiro atoms. The molecule has 0 radical (unpaired) electrons. The molecule has 3 aromatic rings. The van der Waals surface area contributed by atoms with Crippen molar-refractivity contribution >= 4 is 22.9 Å². The van der Waals surface area contributed by atoms with E-state index in [4.69, 9.17) is 4.74 Å². The third kappa shape index (κ3) is 3.30. The molecule has 0 bridgehead atoms. The Morgan fingerprint density at radius 1 is 1.11 bits per heavy atom. The molecule has 0 unspecified atom stereocenters. The van der Waals surface area contributed by atoms with Gasteiger partial charge in [-0.25, -0.2) is 4.79 Å².